The molecule has 1 aliphatic carbocycles. The molecule has 1 saturated carbocycles. The lowest BCUT2D eigenvalue weighted by atomic mass is 9.88. The van der Waals surface area contributed by atoms with Gasteiger partial charge in [0.2, 0.25) is 5.91 Å². The molecule has 26 heavy (non-hydrogen) atoms. The summed E-state index contributed by atoms with van der Waals surface area (Å²) in [6, 6.07) is -0.216. The first-order chi connectivity index (χ1) is 11.8. The number of carbonyl (C=O) groups excluding carboxylic acids is 1. The van der Waals surface area contributed by atoms with Crippen molar-refractivity contribution in [3.8, 4) is 0 Å². The molecule has 2 heterocycles. The first kappa shape index (κ1) is 21.2. The van der Waals surface area contributed by atoms with Gasteiger partial charge >= 0.3 is 0 Å². The summed E-state index contributed by atoms with van der Waals surface area (Å²) in [4.78, 5) is 14.9. The third kappa shape index (κ3) is 4.23. The predicted octanol–water partition coefficient (Wildman–Crippen LogP) is 0.959. The van der Waals surface area contributed by atoms with Crippen molar-refractivity contribution in [2.75, 3.05) is 26.4 Å². The van der Waals surface area contributed by atoms with E-state index in [2.05, 4.69) is 10.4 Å². The first-order valence-corrected chi connectivity index (χ1v) is 10.9. The Labute approximate surface area is 161 Å². The third-order valence-electron chi connectivity index (χ3n) is 5.75. The summed E-state index contributed by atoms with van der Waals surface area (Å²) in [5, 5.41) is 7.08. The van der Waals surface area contributed by atoms with Crippen LogP contribution in [0.2, 0.25) is 0 Å². The van der Waals surface area contributed by atoms with Gasteiger partial charge in [-0.15, -0.1) is 12.4 Å². The minimum atomic E-state index is -3.16. The first-order valence-electron chi connectivity index (χ1n) is 8.94. The van der Waals surface area contributed by atoms with E-state index in [0.717, 1.165) is 31.4 Å². The number of amides is 1. The number of sulfone groups is 1. The van der Waals surface area contributed by atoms with Crippen LogP contribution in [0.15, 0.2) is 12.4 Å². The molecule has 3 rings (SSSR count). The number of rotatable bonds is 4. The Kier molecular flexibility index (Phi) is 6.74. The van der Waals surface area contributed by atoms with Crippen molar-refractivity contribution in [2.24, 2.45) is 13.0 Å². The highest BCUT2D eigenvalue weighted by molar-refractivity contribution is 7.91. The zero-order valence-electron chi connectivity index (χ0n) is 15.6. The zero-order chi connectivity index (χ0) is 18.2. The van der Waals surface area contributed by atoms with E-state index in [1.165, 1.54) is 6.26 Å². The summed E-state index contributed by atoms with van der Waals surface area (Å²) >= 11 is 0. The lowest BCUT2D eigenvalue weighted by molar-refractivity contribution is -0.136. The van der Waals surface area contributed by atoms with E-state index in [9.17, 15) is 13.2 Å². The number of hydrogen-bond donors (Lipinski definition) is 1. The lowest BCUT2D eigenvalue weighted by Crippen LogP contribution is -2.51. The number of carbonyl (C=O) groups is 1. The van der Waals surface area contributed by atoms with Gasteiger partial charge in [0.15, 0.2) is 9.84 Å². The van der Waals surface area contributed by atoms with Crippen LogP contribution in [0.3, 0.4) is 0 Å². The van der Waals surface area contributed by atoms with Crippen LogP contribution in [-0.4, -0.2) is 66.7 Å². The Morgan fingerprint density at radius 3 is 2.62 bits per heavy atom. The topological polar surface area (TPSA) is 84.3 Å². The molecular formula is C17H29ClN4O3S. The maximum absolute atomic E-state index is 13.2. The van der Waals surface area contributed by atoms with Crippen LogP contribution in [-0.2, 0) is 21.7 Å². The van der Waals surface area contributed by atoms with E-state index >= 15 is 0 Å². The van der Waals surface area contributed by atoms with Gasteiger partial charge in [0.1, 0.15) is 0 Å². The second-order valence-electron chi connectivity index (χ2n) is 7.49. The van der Waals surface area contributed by atoms with E-state index < -0.39 is 15.1 Å². The number of hydrogen-bond acceptors (Lipinski definition) is 5. The summed E-state index contributed by atoms with van der Waals surface area (Å²) in [7, 11) is 0.479. The second kappa shape index (κ2) is 8.27. The van der Waals surface area contributed by atoms with Crippen molar-refractivity contribution in [3.05, 3.63) is 18.0 Å². The standard InChI is InChI=1S/C17H28N4O3S.ClH/c1-20-11-12(8-19-20)13-9-18-10-14(13)17(22)21(2)15-6-4-5-7-16(15)25(3,23)24;/h8,11,13-16,18H,4-7,9-10H2,1-3H3;1H/t13-,14+,15?,16?;/m1./s1. The van der Waals surface area contributed by atoms with Crippen LogP contribution >= 0.6 is 12.4 Å². The Morgan fingerprint density at radius 2 is 2.00 bits per heavy atom. The van der Waals surface area contributed by atoms with Crippen molar-refractivity contribution in [3.63, 3.8) is 0 Å². The average molecular weight is 405 g/mol. The van der Waals surface area contributed by atoms with E-state index in [0.29, 0.717) is 13.0 Å². The highest BCUT2D eigenvalue weighted by Crippen LogP contribution is 2.33. The van der Waals surface area contributed by atoms with Gasteiger partial charge in [-0.05, 0) is 18.4 Å². The molecule has 1 N–H and O–H groups in total. The predicted molar refractivity (Wildman–Crippen MR) is 103 cm³/mol. The summed E-state index contributed by atoms with van der Waals surface area (Å²) < 4.78 is 26.1. The van der Waals surface area contributed by atoms with Crippen LogP contribution < -0.4 is 5.32 Å². The van der Waals surface area contributed by atoms with E-state index in [1.54, 1.807) is 16.6 Å². The molecule has 0 spiro atoms. The second-order valence-corrected chi connectivity index (χ2v) is 9.75. The molecule has 1 aromatic heterocycles. The monoisotopic (exact) mass is 404 g/mol. The van der Waals surface area contributed by atoms with Crippen LogP contribution in [0.25, 0.3) is 0 Å². The molecule has 148 valence electrons. The maximum Gasteiger partial charge on any atom is 0.227 e. The summed E-state index contributed by atoms with van der Waals surface area (Å²) in [5.74, 6) is -0.0420. The molecule has 2 fully saturated rings. The van der Waals surface area contributed by atoms with E-state index in [4.69, 9.17) is 0 Å². The number of aromatic nitrogens is 2. The SMILES string of the molecule is CN(C(=O)[C@H]1CNC[C@@H]1c1cnn(C)c1)C1CCCCC1S(C)(=O)=O.Cl. The van der Waals surface area contributed by atoms with Crippen molar-refractivity contribution < 1.29 is 13.2 Å². The highest BCUT2D eigenvalue weighted by Gasteiger charge is 2.42. The minimum absolute atomic E-state index is 0. The molecule has 4 atom stereocenters. The minimum Gasteiger partial charge on any atom is -0.341 e. The van der Waals surface area contributed by atoms with Gasteiger partial charge in [-0.3, -0.25) is 9.48 Å². The Balaban J connectivity index is 0.00000243. The summed E-state index contributed by atoms with van der Waals surface area (Å²) in [6.07, 6.45) is 8.37. The normalized spacial score (nSPS) is 29.2. The molecule has 1 aliphatic heterocycles. The molecule has 7 nitrogen and oxygen atoms in total. The van der Waals surface area contributed by atoms with Crippen molar-refractivity contribution in [1.82, 2.24) is 20.0 Å². The average Bonchev–Trinajstić information content (AvgIpc) is 3.21. The Bertz CT molecular complexity index is 736. The van der Waals surface area contributed by atoms with Gasteiger partial charge in [-0.25, -0.2) is 8.42 Å². The fourth-order valence-corrected chi connectivity index (χ4v) is 5.85. The van der Waals surface area contributed by atoms with Gasteiger partial charge < -0.3 is 10.2 Å². The third-order valence-corrected chi connectivity index (χ3v) is 7.40. The summed E-state index contributed by atoms with van der Waals surface area (Å²) in [5.41, 5.74) is 1.06. The van der Waals surface area contributed by atoms with Crippen molar-refractivity contribution in [2.45, 2.75) is 42.9 Å². The number of nitrogens with zero attached hydrogens (tertiary/aromatic N) is 3. The molecule has 2 aliphatic rings. The summed E-state index contributed by atoms with van der Waals surface area (Å²) in [6.45, 7) is 1.37. The number of aryl methyl sites for hydroxylation is 1. The molecule has 1 aromatic rings. The van der Waals surface area contributed by atoms with Gasteiger partial charge in [-0.2, -0.15) is 5.10 Å². The molecule has 2 unspecified atom stereocenters. The van der Waals surface area contributed by atoms with Crippen LogP contribution in [0.1, 0.15) is 37.2 Å². The largest absolute Gasteiger partial charge is 0.341 e. The highest BCUT2D eigenvalue weighted by atomic mass is 35.5. The quantitative estimate of drug-likeness (QED) is 0.807. The maximum atomic E-state index is 13.2. The molecule has 1 saturated heterocycles. The Morgan fingerprint density at radius 1 is 1.31 bits per heavy atom. The Hall–Kier alpha value is -1.12. The fourth-order valence-electron chi connectivity index (χ4n) is 4.36. The number of nitrogens with one attached hydrogen (secondary N) is 1. The van der Waals surface area contributed by atoms with E-state index in [1.807, 2.05) is 19.4 Å². The van der Waals surface area contributed by atoms with Crippen LogP contribution in [0.4, 0.5) is 0 Å². The smallest absolute Gasteiger partial charge is 0.227 e. The molecule has 1 amide bonds. The molecular weight excluding hydrogens is 376 g/mol. The molecule has 0 aromatic carbocycles. The van der Waals surface area contributed by atoms with Gasteiger partial charge in [0.05, 0.1) is 17.4 Å². The molecule has 0 radical (unpaired) electrons. The fraction of sp³-hybridized carbons (Fsp3) is 0.765. The lowest BCUT2D eigenvalue weighted by Gasteiger charge is -2.38. The molecule has 9 heteroatoms. The van der Waals surface area contributed by atoms with Gasteiger partial charge in [0, 0.05) is 51.6 Å². The zero-order valence-corrected chi connectivity index (χ0v) is 17.2. The van der Waals surface area contributed by atoms with Gasteiger partial charge in [-0.1, -0.05) is 12.8 Å². The number of halogens is 1. The van der Waals surface area contributed by atoms with Crippen molar-refractivity contribution >= 4 is 28.2 Å². The van der Waals surface area contributed by atoms with E-state index in [-0.39, 0.29) is 36.2 Å². The van der Waals surface area contributed by atoms with Gasteiger partial charge in [0.25, 0.3) is 0 Å². The van der Waals surface area contributed by atoms with Crippen LogP contribution in [0.5, 0.6) is 0 Å². The van der Waals surface area contributed by atoms with Crippen LogP contribution in [0, 0.1) is 5.92 Å². The molecule has 0 bridgehead atoms. The van der Waals surface area contributed by atoms with Crippen molar-refractivity contribution in [1.29, 1.82) is 0 Å².